The predicted molar refractivity (Wildman–Crippen MR) is 76.5 cm³/mol. The van der Waals surface area contributed by atoms with Crippen molar-refractivity contribution in [3.8, 4) is 0 Å². The van der Waals surface area contributed by atoms with E-state index < -0.39 is 6.17 Å². The van der Waals surface area contributed by atoms with Gasteiger partial charge in [0.1, 0.15) is 0 Å². The minimum Gasteiger partial charge on any atom is -0.239 e. The van der Waals surface area contributed by atoms with Crippen LogP contribution in [0.2, 0.25) is 0 Å². The highest BCUT2D eigenvalue weighted by atomic mass is 32.2. The number of hydrogen-bond donors (Lipinski definition) is 0. The molecule has 0 bridgehead atoms. The maximum absolute atomic E-state index is 14.1. The Morgan fingerprint density at radius 2 is 2.05 bits per heavy atom. The molecule has 0 amide bonds. The van der Waals surface area contributed by atoms with Crippen LogP contribution in [0, 0.1) is 5.92 Å². The minimum absolute atomic E-state index is 0.0102. The number of aromatic nitrogens is 3. The van der Waals surface area contributed by atoms with E-state index in [0.29, 0.717) is 12.2 Å². The van der Waals surface area contributed by atoms with Gasteiger partial charge in [-0.15, -0.1) is 5.10 Å². The molecule has 2 unspecified atom stereocenters. The Morgan fingerprint density at radius 3 is 2.80 bits per heavy atom. The number of thioether (sulfide) groups is 1. The number of fused-ring (bicyclic) bond motifs is 1. The maximum Gasteiger partial charge on any atom is 0.208 e. The highest BCUT2D eigenvalue weighted by Gasteiger charge is 2.35. The van der Waals surface area contributed by atoms with E-state index in [0.717, 1.165) is 22.4 Å². The highest BCUT2D eigenvalue weighted by molar-refractivity contribution is 7.99. The zero-order valence-corrected chi connectivity index (χ0v) is 11.9. The lowest BCUT2D eigenvalue weighted by molar-refractivity contribution is 0.327. The van der Waals surface area contributed by atoms with Crippen LogP contribution in [-0.2, 0) is 0 Å². The Kier molecular flexibility index (Phi) is 3.02. The smallest absolute Gasteiger partial charge is 0.208 e. The Bertz CT molecular complexity index is 609. The molecule has 0 spiro atoms. The van der Waals surface area contributed by atoms with Crippen molar-refractivity contribution in [1.29, 1.82) is 0 Å². The molecular weight excluding hydrogens is 273 g/mol. The molecule has 0 saturated heterocycles. The third kappa shape index (κ3) is 2.24. The average Bonchev–Trinajstić information content (AvgIpc) is 3.13. The predicted octanol–water partition coefficient (Wildman–Crippen LogP) is 3.78. The molecule has 1 saturated carbocycles. The lowest BCUT2D eigenvalue weighted by Gasteiger charge is -2.11. The molecule has 4 rings (SSSR count). The van der Waals surface area contributed by atoms with Gasteiger partial charge in [0.25, 0.3) is 0 Å². The molecule has 0 N–H and O–H groups in total. The van der Waals surface area contributed by atoms with Gasteiger partial charge in [-0.1, -0.05) is 42.1 Å². The van der Waals surface area contributed by atoms with Crippen LogP contribution in [0.5, 0.6) is 0 Å². The summed E-state index contributed by atoms with van der Waals surface area (Å²) >= 11 is 1.66. The summed E-state index contributed by atoms with van der Waals surface area (Å²) in [5.41, 5.74) is 1.11. The van der Waals surface area contributed by atoms with E-state index in [-0.39, 0.29) is 6.04 Å². The molecule has 5 heteroatoms. The minimum atomic E-state index is -0.997. The summed E-state index contributed by atoms with van der Waals surface area (Å²) in [6, 6.07) is 10.0. The molecule has 1 aromatic heterocycles. The van der Waals surface area contributed by atoms with E-state index in [1.807, 2.05) is 30.3 Å². The van der Waals surface area contributed by atoms with Crippen LogP contribution in [-0.4, -0.2) is 20.5 Å². The van der Waals surface area contributed by atoms with Crippen LogP contribution >= 0.6 is 11.8 Å². The summed E-state index contributed by atoms with van der Waals surface area (Å²) in [7, 11) is 0. The first-order valence-corrected chi connectivity index (χ1v) is 8.08. The van der Waals surface area contributed by atoms with Gasteiger partial charge >= 0.3 is 0 Å². The molecule has 0 radical (unpaired) electrons. The maximum atomic E-state index is 14.1. The molecule has 2 atom stereocenters. The average molecular weight is 289 g/mol. The molecule has 2 heterocycles. The quantitative estimate of drug-likeness (QED) is 0.802. The van der Waals surface area contributed by atoms with Crippen molar-refractivity contribution < 1.29 is 4.39 Å². The van der Waals surface area contributed by atoms with Gasteiger partial charge in [-0.25, -0.2) is 14.1 Å². The standard InChI is InChI=1S/C15H16FN3S/c16-12-8-13(11-4-2-1-3-5-11)19-14(12)17-15(18-19)20-9-10-6-7-10/h1-5,10,12-13H,6-9H2. The van der Waals surface area contributed by atoms with Gasteiger partial charge in [0.15, 0.2) is 12.0 Å². The van der Waals surface area contributed by atoms with Gasteiger partial charge in [-0.3, -0.25) is 0 Å². The number of halogens is 1. The van der Waals surface area contributed by atoms with E-state index in [2.05, 4.69) is 10.1 Å². The van der Waals surface area contributed by atoms with Crippen LogP contribution < -0.4 is 0 Å². The van der Waals surface area contributed by atoms with Crippen molar-refractivity contribution in [3.63, 3.8) is 0 Å². The summed E-state index contributed by atoms with van der Waals surface area (Å²) in [4.78, 5) is 4.39. The Labute approximate surface area is 121 Å². The van der Waals surface area contributed by atoms with E-state index in [1.165, 1.54) is 12.8 Å². The Hall–Kier alpha value is -1.36. The van der Waals surface area contributed by atoms with Crippen molar-refractivity contribution in [2.45, 2.75) is 36.6 Å². The summed E-state index contributed by atoms with van der Waals surface area (Å²) < 4.78 is 15.9. The zero-order valence-electron chi connectivity index (χ0n) is 11.1. The first kappa shape index (κ1) is 12.4. The SMILES string of the molecule is FC1CC(c2ccccc2)n2nc(SCC3CC3)nc21. The Morgan fingerprint density at radius 1 is 1.25 bits per heavy atom. The molecule has 1 fully saturated rings. The largest absolute Gasteiger partial charge is 0.239 e. The molecule has 1 aliphatic carbocycles. The zero-order chi connectivity index (χ0) is 13.5. The highest BCUT2D eigenvalue weighted by Crippen LogP contribution is 2.41. The third-order valence-corrected chi connectivity index (χ3v) is 5.04. The van der Waals surface area contributed by atoms with Crippen LogP contribution in [0.25, 0.3) is 0 Å². The lowest BCUT2D eigenvalue weighted by atomic mass is 10.0. The molecule has 20 heavy (non-hydrogen) atoms. The van der Waals surface area contributed by atoms with Gasteiger partial charge in [-0.05, 0) is 24.3 Å². The number of alkyl halides is 1. The first-order chi connectivity index (χ1) is 9.81. The van der Waals surface area contributed by atoms with Crippen molar-refractivity contribution in [2.75, 3.05) is 5.75 Å². The molecule has 1 aliphatic heterocycles. The number of benzene rings is 1. The fourth-order valence-electron chi connectivity index (χ4n) is 2.65. The third-order valence-electron chi connectivity index (χ3n) is 3.97. The van der Waals surface area contributed by atoms with Crippen molar-refractivity contribution in [2.24, 2.45) is 5.92 Å². The van der Waals surface area contributed by atoms with Crippen LogP contribution in [0.4, 0.5) is 4.39 Å². The molecule has 2 aliphatic rings. The lowest BCUT2D eigenvalue weighted by Crippen LogP contribution is -2.07. The van der Waals surface area contributed by atoms with Gasteiger partial charge in [0, 0.05) is 12.2 Å². The fraction of sp³-hybridized carbons (Fsp3) is 0.467. The van der Waals surface area contributed by atoms with Gasteiger partial charge in [-0.2, -0.15) is 0 Å². The van der Waals surface area contributed by atoms with Gasteiger partial charge < -0.3 is 0 Å². The second-order valence-corrected chi connectivity index (χ2v) is 6.57. The first-order valence-electron chi connectivity index (χ1n) is 7.09. The van der Waals surface area contributed by atoms with E-state index in [9.17, 15) is 4.39 Å². The van der Waals surface area contributed by atoms with Crippen LogP contribution in [0.1, 0.15) is 42.9 Å². The number of hydrogen-bond acceptors (Lipinski definition) is 3. The molecular formula is C15H16FN3S. The molecule has 104 valence electrons. The van der Waals surface area contributed by atoms with Crippen LogP contribution in [0.3, 0.4) is 0 Å². The molecule has 3 nitrogen and oxygen atoms in total. The topological polar surface area (TPSA) is 30.7 Å². The summed E-state index contributed by atoms with van der Waals surface area (Å²) in [5, 5.41) is 5.26. The van der Waals surface area contributed by atoms with Gasteiger partial charge in [0.05, 0.1) is 6.04 Å². The van der Waals surface area contributed by atoms with Crippen molar-refractivity contribution in [3.05, 3.63) is 41.7 Å². The fourth-order valence-corrected chi connectivity index (χ4v) is 3.67. The monoisotopic (exact) mass is 289 g/mol. The summed E-state index contributed by atoms with van der Waals surface area (Å²) in [6.45, 7) is 0. The van der Waals surface area contributed by atoms with E-state index in [1.54, 1.807) is 16.4 Å². The van der Waals surface area contributed by atoms with E-state index in [4.69, 9.17) is 0 Å². The molecule has 1 aromatic carbocycles. The number of rotatable bonds is 4. The Balaban J connectivity index is 1.60. The van der Waals surface area contributed by atoms with Gasteiger partial charge in [0.2, 0.25) is 5.16 Å². The van der Waals surface area contributed by atoms with Crippen molar-refractivity contribution in [1.82, 2.24) is 14.8 Å². The van der Waals surface area contributed by atoms with E-state index >= 15 is 0 Å². The summed E-state index contributed by atoms with van der Waals surface area (Å²) in [6.07, 6.45) is 2.09. The number of nitrogens with zero attached hydrogens (tertiary/aromatic N) is 3. The van der Waals surface area contributed by atoms with Crippen LogP contribution in [0.15, 0.2) is 35.5 Å². The second-order valence-electron chi connectivity index (χ2n) is 5.58. The normalized spacial score (nSPS) is 24.9. The molecule has 2 aromatic rings. The van der Waals surface area contributed by atoms with Crippen molar-refractivity contribution >= 4 is 11.8 Å². The summed E-state index contributed by atoms with van der Waals surface area (Å²) in [5.74, 6) is 2.39. The second kappa shape index (κ2) is 4.88.